The van der Waals surface area contributed by atoms with E-state index in [2.05, 4.69) is 5.32 Å². The first-order valence-electron chi connectivity index (χ1n) is 14.2. The average Bonchev–Trinajstić information content (AvgIpc) is 2.94. The number of phenolic OH excluding ortho intramolecular Hbond substituents is 1. The second-order valence-electron chi connectivity index (χ2n) is 12.0. The molecule has 11 heteroatoms. The Bertz CT molecular complexity index is 1560. The van der Waals surface area contributed by atoms with Crippen molar-refractivity contribution in [2.75, 3.05) is 39.6 Å². The van der Waals surface area contributed by atoms with E-state index in [1.807, 2.05) is 55.4 Å². The number of ketones is 2. The van der Waals surface area contributed by atoms with Gasteiger partial charge in [0, 0.05) is 43.4 Å². The number of phenols is 1. The summed E-state index contributed by atoms with van der Waals surface area (Å²) in [7, 11) is 6.84. The van der Waals surface area contributed by atoms with Crippen LogP contribution in [0.3, 0.4) is 0 Å². The van der Waals surface area contributed by atoms with Gasteiger partial charge in [-0.1, -0.05) is 30.3 Å². The molecule has 228 valence electrons. The van der Waals surface area contributed by atoms with Gasteiger partial charge in [0.2, 0.25) is 5.78 Å². The number of nitrogens with one attached hydrogen (secondary N) is 1. The van der Waals surface area contributed by atoms with E-state index in [9.17, 15) is 34.8 Å². The summed E-state index contributed by atoms with van der Waals surface area (Å²) >= 11 is 0. The van der Waals surface area contributed by atoms with E-state index in [1.54, 1.807) is 14.1 Å². The molecule has 3 aliphatic carbocycles. The van der Waals surface area contributed by atoms with Gasteiger partial charge in [-0.15, -0.1) is 0 Å². The summed E-state index contributed by atoms with van der Waals surface area (Å²) in [5, 5.41) is 49.2. The predicted molar refractivity (Wildman–Crippen MR) is 160 cm³/mol. The Hall–Kier alpha value is -4.19. The normalized spacial score (nSPS) is 25.0. The van der Waals surface area contributed by atoms with Crippen LogP contribution in [0.1, 0.15) is 28.7 Å². The molecule has 0 heterocycles. The molecule has 0 aliphatic heterocycles. The molecule has 3 aliphatic rings. The highest BCUT2D eigenvalue weighted by Crippen LogP contribution is 2.54. The molecule has 1 amide bonds. The zero-order chi connectivity index (χ0) is 31.4. The Morgan fingerprint density at radius 1 is 1.09 bits per heavy atom. The highest BCUT2D eigenvalue weighted by molar-refractivity contribution is 6.24. The molecule has 0 aromatic heterocycles. The number of nitrogens with zero attached hydrogens (tertiary/aromatic N) is 2. The van der Waals surface area contributed by atoms with Crippen molar-refractivity contribution in [3.63, 3.8) is 0 Å². The minimum atomic E-state index is -2.67. The first kappa shape index (κ1) is 30.3. The fourth-order valence-electron chi connectivity index (χ4n) is 6.98. The fourth-order valence-corrected chi connectivity index (χ4v) is 6.98. The number of hydrogen-bond donors (Lipinski definition) is 6. The monoisotopic (exact) mass is 590 g/mol. The molecular weight excluding hydrogens is 552 g/mol. The number of primary amides is 1. The maximum atomic E-state index is 14.1. The van der Waals surface area contributed by atoms with Gasteiger partial charge in [0.05, 0.1) is 11.6 Å². The van der Waals surface area contributed by atoms with E-state index in [0.717, 1.165) is 17.7 Å². The molecule has 0 unspecified atom stereocenters. The SMILES string of the molecule is CN(C)c1cc(CNCCc2ccccc2)c(O)c2c1C[C@H]1C[C@H]3[C@H](N(C)C)C(=O)C(C(N)=O)=C(O)[C@@]3(O)C(=O)C1=C2O. The predicted octanol–water partition coefficient (Wildman–Crippen LogP) is 1.36. The van der Waals surface area contributed by atoms with Crippen LogP contribution in [0.2, 0.25) is 0 Å². The van der Waals surface area contributed by atoms with Gasteiger partial charge in [-0.25, -0.2) is 0 Å². The smallest absolute Gasteiger partial charge is 0.255 e. The van der Waals surface area contributed by atoms with E-state index in [1.165, 1.54) is 4.90 Å². The van der Waals surface area contributed by atoms with E-state index in [4.69, 9.17) is 5.73 Å². The van der Waals surface area contributed by atoms with Crippen LogP contribution in [-0.2, 0) is 33.8 Å². The van der Waals surface area contributed by atoms with Gasteiger partial charge in [-0.05, 0) is 63.0 Å². The summed E-state index contributed by atoms with van der Waals surface area (Å²) in [4.78, 5) is 42.9. The topological polar surface area (TPSA) is 177 Å². The van der Waals surface area contributed by atoms with Crippen LogP contribution in [0, 0.1) is 11.8 Å². The quantitative estimate of drug-likeness (QED) is 0.194. The number of rotatable bonds is 8. The number of aliphatic hydroxyl groups is 3. The van der Waals surface area contributed by atoms with Crippen molar-refractivity contribution in [1.82, 2.24) is 10.2 Å². The van der Waals surface area contributed by atoms with Gasteiger partial charge in [0.15, 0.2) is 11.4 Å². The molecule has 0 spiro atoms. The van der Waals surface area contributed by atoms with E-state index in [-0.39, 0.29) is 36.3 Å². The van der Waals surface area contributed by atoms with Crippen LogP contribution in [0.25, 0.3) is 5.76 Å². The largest absolute Gasteiger partial charge is 0.508 e. The maximum absolute atomic E-state index is 14.1. The van der Waals surface area contributed by atoms with Crippen molar-refractivity contribution in [3.8, 4) is 5.75 Å². The summed E-state index contributed by atoms with van der Waals surface area (Å²) in [6.07, 6.45) is 1.05. The second kappa shape index (κ2) is 11.1. The highest BCUT2D eigenvalue weighted by Gasteiger charge is 2.64. The zero-order valence-electron chi connectivity index (χ0n) is 24.7. The number of carbonyl (C=O) groups is 3. The Labute approximate surface area is 249 Å². The Morgan fingerprint density at radius 2 is 1.77 bits per heavy atom. The highest BCUT2D eigenvalue weighted by atomic mass is 16.3. The van der Waals surface area contributed by atoms with Gasteiger partial charge in [-0.2, -0.15) is 0 Å². The first-order chi connectivity index (χ1) is 20.3. The summed E-state index contributed by atoms with van der Waals surface area (Å²) in [5.41, 5.74) is 4.87. The third-order valence-electron chi connectivity index (χ3n) is 9.01. The molecule has 11 nitrogen and oxygen atoms in total. The second-order valence-corrected chi connectivity index (χ2v) is 12.0. The standard InChI is InChI=1S/C32H38N4O7/c1-35(2)21-14-18(15-34-11-10-16-8-6-5-7-9-16)26(37)23-19(21)12-17-13-20-25(36(3)4)28(39)24(31(33)42)30(41)32(20,43)29(40)22(17)27(23)38/h5-9,14,17,20,25,34,37-38,41,43H,10-13,15H2,1-4H3,(H2,33,42)/t17-,20-,25-,32-/m0/s1. The molecule has 1 saturated carbocycles. The lowest BCUT2D eigenvalue weighted by Gasteiger charge is -2.50. The number of fused-ring (bicyclic) bond motifs is 3. The van der Waals surface area contributed by atoms with Crippen molar-refractivity contribution >= 4 is 28.9 Å². The van der Waals surface area contributed by atoms with Crippen LogP contribution in [-0.4, -0.2) is 89.2 Å². The van der Waals surface area contributed by atoms with Gasteiger partial charge < -0.3 is 36.4 Å². The summed E-state index contributed by atoms with van der Waals surface area (Å²) in [6.45, 7) is 0.927. The van der Waals surface area contributed by atoms with Gasteiger partial charge in [0.25, 0.3) is 5.91 Å². The summed E-state index contributed by atoms with van der Waals surface area (Å²) < 4.78 is 0. The number of amides is 1. The van der Waals surface area contributed by atoms with Crippen molar-refractivity contribution in [2.24, 2.45) is 17.6 Å². The Balaban J connectivity index is 1.58. The van der Waals surface area contributed by atoms with Gasteiger partial charge >= 0.3 is 0 Å². The molecule has 0 radical (unpaired) electrons. The minimum absolute atomic E-state index is 0.0438. The Kier molecular flexibility index (Phi) is 7.84. The van der Waals surface area contributed by atoms with Gasteiger partial charge in [-0.3, -0.25) is 19.3 Å². The minimum Gasteiger partial charge on any atom is -0.508 e. The van der Waals surface area contributed by atoms with E-state index >= 15 is 0 Å². The van der Waals surface area contributed by atoms with Crippen LogP contribution >= 0.6 is 0 Å². The fraction of sp³-hybridized carbons (Fsp3) is 0.406. The molecule has 2 aromatic rings. The number of likely N-dealkylation sites (N-methyl/N-ethyl adjacent to an activating group) is 1. The lowest BCUT2D eigenvalue weighted by Crippen LogP contribution is -2.65. The number of hydrogen-bond acceptors (Lipinski definition) is 10. The lowest BCUT2D eigenvalue weighted by atomic mass is 9.57. The number of aromatic hydroxyl groups is 1. The molecular formula is C32H38N4O7. The number of carbonyl (C=O) groups excluding carboxylic acids is 3. The molecule has 0 bridgehead atoms. The van der Waals surface area contributed by atoms with Crippen LogP contribution in [0.4, 0.5) is 5.69 Å². The molecule has 4 atom stereocenters. The molecule has 0 saturated heterocycles. The van der Waals surface area contributed by atoms with Crippen LogP contribution in [0.15, 0.2) is 53.3 Å². The maximum Gasteiger partial charge on any atom is 0.255 e. The summed E-state index contributed by atoms with van der Waals surface area (Å²) in [5.74, 6) is -6.60. The molecule has 43 heavy (non-hydrogen) atoms. The van der Waals surface area contributed by atoms with Crippen molar-refractivity contribution in [2.45, 2.75) is 37.5 Å². The van der Waals surface area contributed by atoms with Crippen LogP contribution < -0.4 is 16.0 Å². The third-order valence-corrected chi connectivity index (χ3v) is 9.01. The Morgan fingerprint density at radius 3 is 2.37 bits per heavy atom. The van der Waals surface area contributed by atoms with E-state index in [0.29, 0.717) is 17.7 Å². The third kappa shape index (κ3) is 4.77. The van der Waals surface area contributed by atoms with E-state index < -0.39 is 58.0 Å². The summed E-state index contributed by atoms with van der Waals surface area (Å²) in [6, 6.07) is 10.7. The number of nitrogens with two attached hydrogens (primary N) is 1. The van der Waals surface area contributed by atoms with Crippen molar-refractivity contribution in [3.05, 3.63) is 75.6 Å². The lowest BCUT2D eigenvalue weighted by molar-refractivity contribution is -0.153. The average molecular weight is 591 g/mol. The van der Waals surface area contributed by atoms with Crippen molar-refractivity contribution in [1.29, 1.82) is 0 Å². The van der Waals surface area contributed by atoms with Crippen molar-refractivity contribution < 1.29 is 34.8 Å². The first-order valence-corrected chi connectivity index (χ1v) is 14.2. The molecule has 7 N–H and O–H groups in total. The van der Waals surface area contributed by atoms with Crippen LogP contribution in [0.5, 0.6) is 5.75 Å². The number of benzene rings is 2. The number of anilines is 1. The number of aliphatic hydroxyl groups excluding tert-OH is 2. The molecule has 5 rings (SSSR count). The molecule has 2 aromatic carbocycles. The zero-order valence-corrected chi connectivity index (χ0v) is 24.7. The van der Waals surface area contributed by atoms with Gasteiger partial charge in [0.1, 0.15) is 22.8 Å². The number of Topliss-reactive ketones (excluding diaryl/α,β-unsaturated/α-hetero) is 2. The molecule has 1 fully saturated rings.